The van der Waals surface area contributed by atoms with Crippen molar-refractivity contribution in [2.24, 2.45) is 0 Å². The molecule has 35 heavy (non-hydrogen) atoms. The van der Waals surface area contributed by atoms with E-state index in [-0.39, 0.29) is 5.91 Å². The molecule has 0 N–H and O–H groups in total. The zero-order valence-electron chi connectivity index (χ0n) is 19.4. The smallest absolute Gasteiger partial charge is 0.227 e. The van der Waals surface area contributed by atoms with Crippen molar-refractivity contribution in [3.8, 4) is 0 Å². The van der Waals surface area contributed by atoms with Gasteiger partial charge < -0.3 is 4.90 Å². The molecule has 1 saturated heterocycles. The molecule has 3 aromatic rings. The van der Waals surface area contributed by atoms with Crippen molar-refractivity contribution in [1.29, 1.82) is 0 Å². The Labute approximate surface area is 221 Å². The molecule has 1 unspecified atom stereocenters. The molecule has 0 spiro atoms. The second-order valence-corrected chi connectivity index (χ2v) is 11.6. The quantitative estimate of drug-likeness (QED) is 0.423. The van der Waals surface area contributed by atoms with Gasteiger partial charge in [0, 0.05) is 46.8 Å². The van der Waals surface area contributed by atoms with Crippen molar-refractivity contribution in [2.45, 2.75) is 37.1 Å². The zero-order chi connectivity index (χ0) is 24.5. The van der Waals surface area contributed by atoms with E-state index >= 15 is 0 Å². The maximum atomic E-state index is 13.0. The third-order valence-electron chi connectivity index (χ3n) is 6.69. The number of halogens is 2. The highest BCUT2D eigenvalue weighted by molar-refractivity contribution is 9.10. The number of rotatable bonds is 3. The number of carbonyl (C=O) groups excluding carboxylic acids is 1. The van der Waals surface area contributed by atoms with Gasteiger partial charge in [-0.3, -0.25) is 14.0 Å². The molecule has 8 heteroatoms. The Balaban J connectivity index is 1.41. The molecule has 1 aliphatic heterocycles. The number of hydrogen-bond donors (Lipinski definition) is 0. The SMILES string of the molecule is CS(=O)c1cc(CC(=O)N2CCC(=C3c4ccc(Cl)cc4CCc4cc(Br)cnc43)CC2)ccn1. The number of amides is 1. The zero-order valence-corrected chi connectivity index (χ0v) is 22.5. The molecule has 5 nitrogen and oxygen atoms in total. The fourth-order valence-corrected chi connectivity index (χ4v) is 6.04. The number of aryl methyl sites for hydroxylation is 2. The molecule has 180 valence electrons. The van der Waals surface area contributed by atoms with Gasteiger partial charge in [0.2, 0.25) is 5.91 Å². The summed E-state index contributed by atoms with van der Waals surface area (Å²) in [4.78, 5) is 23.9. The largest absolute Gasteiger partial charge is 0.342 e. The second kappa shape index (κ2) is 10.3. The van der Waals surface area contributed by atoms with E-state index in [1.807, 2.05) is 23.2 Å². The van der Waals surface area contributed by atoms with Gasteiger partial charge in [-0.15, -0.1) is 0 Å². The Kier molecular flexibility index (Phi) is 7.19. The topological polar surface area (TPSA) is 63.2 Å². The molecular formula is C27H25BrClN3O2S. The van der Waals surface area contributed by atoms with Crippen molar-refractivity contribution < 1.29 is 9.00 Å². The lowest BCUT2D eigenvalue weighted by Crippen LogP contribution is -2.37. The number of nitrogens with zero attached hydrogens (tertiary/aromatic N) is 3. The van der Waals surface area contributed by atoms with Gasteiger partial charge in [0.05, 0.1) is 22.9 Å². The summed E-state index contributed by atoms with van der Waals surface area (Å²) in [5.41, 5.74) is 8.10. The fourth-order valence-electron chi connectivity index (χ4n) is 4.94. The first kappa shape index (κ1) is 24.3. The van der Waals surface area contributed by atoms with E-state index < -0.39 is 10.8 Å². The predicted octanol–water partition coefficient (Wildman–Crippen LogP) is 5.40. The van der Waals surface area contributed by atoms with Crippen LogP contribution in [0, 0.1) is 0 Å². The highest BCUT2D eigenvalue weighted by Crippen LogP contribution is 2.39. The molecular weight excluding hydrogens is 546 g/mol. The molecule has 1 fully saturated rings. The monoisotopic (exact) mass is 569 g/mol. The van der Waals surface area contributed by atoms with E-state index in [4.69, 9.17) is 16.6 Å². The lowest BCUT2D eigenvalue weighted by atomic mass is 9.88. The number of benzene rings is 1. The molecule has 2 aromatic heterocycles. The third-order valence-corrected chi connectivity index (χ3v) is 8.17. The van der Waals surface area contributed by atoms with Crippen LogP contribution in [0.3, 0.4) is 0 Å². The lowest BCUT2D eigenvalue weighted by molar-refractivity contribution is -0.130. The van der Waals surface area contributed by atoms with E-state index in [0.29, 0.717) is 24.5 Å². The van der Waals surface area contributed by atoms with Crippen LogP contribution in [0.5, 0.6) is 0 Å². The summed E-state index contributed by atoms with van der Waals surface area (Å²) >= 11 is 9.92. The molecule has 5 rings (SSSR count). The van der Waals surface area contributed by atoms with Gasteiger partial charge in [-0.05, 0) is 94.2 Å². The minimum absolute atomic E-state index is 0.0867. The minimum Gasteiger partial charge on any atom is -0.342 e. The summed E-state index contributed by atoms with van der Waals surface area (Å²) in [6.45, 7) is 1.34. The molecule has 2 aliphatic rings. The van der Waals surface area contributed by atoms with Crippen LogP contribution in [0.1, 0.15) is 40.8 Å². The van der Waals surface area contributed by atoms with Crippen molar-refractivity contribution in [1.82, 2.24) is 14.9 Å². The number of carbonyl (C=O) groups is 1. The van der Waals surface area contributed by atoms with Gasteiger partial charge in [0.25, 0.3) is 0 Å². The van der Waals surface area contributed by atoms with Crippen LogP contribution in [0.15, 0.2) is 63.9 Å². The number of fused-ring (bicyclic) bond motifs is 2. The number of hydrogen-bond acceptors (Lipinski definition) is 4. The molecule has 1 amide bonds. The Bertz CT molecular complexity index is 1310. The minimum atomic E-state index is -1.17. The Morgan fingerprint density at radius 2 is 1.83 bits per heavy atom. The summed E-state index contributed by atoms with van der Waals surface area (Å²) in [5, 5.41) is 1.26. The van der Waals surface area contributed by atoms with Crippen molar-refractivity contribution in [3.63, 3.8) is 0 Å². The van der Waals surface area contributed by atoms with Crippen molar-refractivity contribution in [2.75, 3.05) is 19.3 Å². The van der Waals surface area contributed by atoms with Gasteiger partial charge in [-0.1, -0.05) is 23.2 Å². The number of aromatic nitrogens is 2. The molecule has 0 radical (unpaired) electrons. The average molecular weight is 571 g/mol. The summed E-state index contributed by atoms with van der Waals surface area (Å²) < 4.78 is 12.7. The van der Waals surface area contributed by atoms with E-state index in [1.165, 1.54) is 27.8 Å². The summed E-state index contributed by atoms with van der Waals surface area (Å²) in [7, 11) is -1.17. The second-order valence-electron chi connectivity index (χ2n) is 8.96. The van der Waals surface area contributed by atoms with Crippen LogP contribution in [0.2, 0.25) is 5.02 Å². The first-order chi connectivity index (χ1) is 16.9. The molecule has 0 bridgehead atoms. The maximum absolute atomic E-state index is 13.0. The molecule has 0 saturated carbocycles. The molecule has 1 aliphatic carbocycles. The Hall–Kier alpha value is -2.35. The lowest BCUT2D eigenvalue weighted by Gasteiger charge is -2.30. The van der Waals surface area contributed by atoms with Crippen molar-refractivity contribution >= 4 is 49.8 Å². The first-order valence-electron chi connectivity index (χ1n) is 11.6. The predicted molar refractivity (Wildman–Crippen MR) is 143 cm³/mol. The first-order valence-corrected chi connectivity index (χ1v) is 14.3. The van der Waals surface area contributed by atoms with Gasteiger partial charge in [0.15, 0.2) is 0 Å². The van der Waals surface area contributed by atoms with E-state index in [1.54, 1.807) is 18.5 Å². The molecule has 1 aromatic carbocycles. The van der Waals surface area contributed by atoms with E-state index in [9.17, 15) is 9.00 Å². The van der Waals surface area contributed by atoms with Crippen LogP contribution >= 0.6 is 27.5 Å². The highest BCUT2D eigenvalue weighted by atomic mass is 79.9. The van der Waals surface area contributed by atoms with Gasteiger partial charge in [-0.2, -0.15) is 0 Å². The highest BCUT2D eigenvalue weighted by Gasteiger charge is 2.27. The van der Waals surface area contributed by atoms with Crippen LogP contribution in [0.25, 0.3) is 5.57 Å². The van der Waals surface area contributed by atoms with Crippen LogP contribution in [-0.4, -0.2) is 44.3 Å². The van der Waals surface area contributed by atoms with E-state index in [0.717, 1.165) is 46.4 Å². The number of piperidine rings is 1. The normalized spacial score (nSPS) is 16.4. The molecule has 3 heterocycles. The average Bonchev–Trinajstić information content (AvgIpc) is 3.00. The third kappa shape index (κ3) is 5.27. The number of likely N-dealkylation sites (tertiary alicyclic amines) is 1. The van der Waals surface area contributed by atoms with Gasteiger partial charge in [-0.25, -0.2) is 4.98 Å². The summed E-state index contributed by atoms with van der Waals surface area (Å²) in [6.07, 6.45) is 8.81. The van der Waals surface area contributed by atoms with Crippen molar-refractivity contribution in [3.05, 3.63) is 91.8 Å². The maximum Gasteiger partial charge on any atom is 0.227 e. The van der Waals surface area contributed by atoms with Crippen LogP contribution in [-0.2, 0) is 34.9 Å². The van der Waals surface area contributed by atoms with Gasteiger partial charge in [0.1, 0.15) is 5.03 Å². The molecule has 1 atom stereocenters. The Morgan fingerprint density at radius 3 is 2.60 bits per heavy atom. The standard InChI is InChI=1S/C27H25BrClN3O2S/c1-35(34)24-12-17(6-9-30-24)13-25(33)32-10-7-18(8-11-32)26-23-5-4-22(29)15-19(23)2-3-20-14-21(28)16-31-27(20)26/h4-6,9,12,14-16H,2-3,7-8,10-11,13H2,1H3. The van der Waals surface area contributed by atoms with Crippen LogP contribution < -0.4 is 0 Å². The fraction of sp³-hybridized carbons (Fsp3) is 0.296. The number of pyridine rings is 2. The van der Waals surface area contributed by atoms with Gasteiger partial charge >= 0.3 is 0 Å². The summed E-state index contributed by atoms with van der Waals surface area (Å²) in [5.74, 6) is 0.0867. The summed E-state index contributed by atoms with van der Waals surface area (Å²) in [6, 6.07) is 11.9. The van der Waals surface area contributed by atoms with Crippen LogP contribution in [0.4, 0.5) is 0 Å². The Morgan fingerprint density at radius 1 is 1.06 bits per heavy atom. The van der Waals surface area contributed by atoms with E-state index in [2.05, 4.69) is 39.1 Å².